The van der Waals surface area contributed by atoms with E-state index in [1.807, 2.05) is 55.5 Å². The number of hydrogen-bond acceptors (Lipinski definition) is 4. The van der Waals surface area contributed by atoms with Crippen LogP contribution in [0, 0.1) is 6.92 Å². The fraction of sp³-hybridized carbons (Fsp3) is 0.241. The maximum atomic E-state index is 13.7. The number of ether oxygens (including phenoxy) is 1. The summed E-state index contributed by atoms with van der Waals surface area (Å²) >= 11 is 3.44. The quantitative estimate of drug-likeness (QED) is 0.246. The third-order valence-electron chi connectivity index (χ3n) is 6.36. The lowest BCUT2D eigenvalue weighted by atomic mass is 9.98. The molecule has 0 spiro atoms. The van der Waals surface area contributed by atoms with Gasteiger partial charge in [-0.25, -0.2) is 0 Å². The lowest BCUT2D eigenvalue weighted by molar-refractivity contribution is 0.0714. The Morgan fingerprint density at radius 3 is 2.46 bits per heavy atom. The van der Waals surface area contributed by atoms with Crippen LogP contribution in [0.1, 0.15) is 58.6 Å². The van der Waals surface area contributed by atoms with Gasteiger partial charge in [-0.3, -0.25) is 9.59 Å². The highest BCUT2D eigenvalue weighted by molar-refractivity contribution is 9.10. The van der Waals surface area contributed by atoms with Gasteiger partial charge in [-0.15, -0.1) is 0 Å². The molecule has 1 atom stereocenters. The molecule has 3 aromatic carbocycles. The highest BCUT2D eigenvalue weighted by Gasteiger charge is 2.42. The van der Waals surface area contributed by atoms with Crippen LogP contribution in [0.2, 0.25) is 0 Å². The van der Waals surface area contributed by atoms with Crippen LogP contribution in [0.25, 0.3) is 11.0 Å². The predicted octanol–water partition coefficient (Wildman–Crippen LogP) is 6.79. The van der Waals surface area contributed by atoms with Crippen molar-refractivity contribution >= 4 is 32.8 Å². The van der Waals surface area contributed by atoms with E-state index in [9.17, 15) is 9.59 Å². The third-order valence-corrected chi connectivity index (χ3v) is 6.86. The molecule has 4 aromatic rings. The van der Waals surface area contributed by atoms with Gasteiger partial charge in [0.1, 0.15) is 11.3 Å². The van der Waals surface area contributed by atoms with Crippen molar-refractivity contribution < 1.29 is 13.9 Å². The van der Waals surface area contributed by atoms with E-state index >= 15 is 0 Å². The first-order valence-corrected chi connectivity index (χ1v) is 12.6. The summed E-state index contributed by atoms with van der Waals surface area (Å²) in [6, 6.07) is 20.4. The number of rotatable bonds is 7. The molecule has 1 unspecified atom stereocenters. The lowest BCUT2D eigenvalue weighted by Crippen LogP contribution is -2.29. The third kappa shape index (κ3) is 4.50. The minimum absolute atomic E-state index is 0.116. The Bertz CT molecular complexity index is 1440. The second-order valence-corrected chi connectivity index (χ2v) is 9.82. The molecule has 0 N–H and O–H groups in total. The number of fused-ring (bicyclic) bond motifs is 2. The van der Waals surface area contributed by atoms with Crippen molar-refractivity contribution in [3.05, 3.63) is 109 Å². The molecule has 1 amide bonds. The van der Waals surface area contributed by atoms with Gasteiger partial charge in [0.25, 0.3) is 5.91 Å². The Morgan fingerprint density at radius 2 is 1.74 bits per heavy atom. The summed E-state index contributed by atoms with van der Waals surface area (Å²) in [4.78, 5) is 29.0. The number of aryl methyl sites for hydroxylation is 1. The Labute approximate surface area is 212 Å². The molecule has 0 fully saturated rings. The second kappa shape index (κ2) is 9.70. The van der Waals surface area contributed by atoms with Gasteiger partial charge < -0.3 is 14.1 Å². The summed E-state index contributed by atoms with van der Waals surface area (Å²) in [5.74, 6) is 0.604. The highest BCUT2D eigenvalue weighted by atomic mass is 79.9. The first-order chi connectivity index (χ1) is 17.0. The second-order valence-electron chi connectivity index (χ2n) is 8.91. The zero-order chi connectivity index (χ0) is 24.5. The van der Waals surface area contributed by atoms with Crippen LogP contribution in [0.3, 0.4) is 0 Å². The molecule has 0 saturated carbocycles. The number of unbranched alkanes of at least 4 members (excludes halogenated alkanes) is 1. The van der Waals surface area contributed by atoms with Gasteiger partial charge in [0.2, 0.25) is 5.76 Å². The molecule has 0 saturated heterocycles. The van der Waals surface area contributed by atoms with E-state index in [1.165, 1.54) is 0 Å². The molecule has 1 aliphatic rings. The van der Waals surface area contributed by atoms with Crippen molar-refractivity contribution in [2.45, 2.75) is 39.3 Å². The molecular formula is C29H26BrNO4. The molecular weight excluding hydrogens is 506 g/mol. The molecule has 0 bridgehead atoms. The van der Waals surface area contributed by atoms with E-state index in [-0.39, 0.29) is 17.1 Å². The van der Waals surface area contributed by atoms with Gasteiger partial charge in [-0.05, 0) is 54.8 Å². The smallest absolute Gasteiger partial charge is 0.291 e. The molecule has 0 aliphatic carbocycles. The Morgan fingerprint density at radius 1 is 1.00 bits per heavy atom. The topological polar surface area (TPSA) is 59.8 Å². The van der Waals surface area contributed by atoms with Crippen LogP contribution >= 0.6 is 15.9 Å². The lowest BCUT2D eigenvalue weighted by Gasteiger charge is -2.25. The summed E-state index contributed by atoms with van der Waals surface area (Å²) in [5.41, 5.74) is 3.58. The van der Waals surface area contributed by atoms with Gasteiger partial charge >= 0.3 is 0 Å². The highest BCUT2D eigenvalue weighted by Crippen LogP contribution is 2.39. The van der Waals surface area contributed by atoms with E-state index in [2.05, 4.69) is 22.9 Å². The van der Waals surface area contributed by atoms with Gasteiger partial charge in [-0.2, -0.15) is 0 Å². The Kier molecular flexibility index (Phi) is 6.48. The monoisotopic (exact) mass is 531 g/mol. The minimum Gasteiger partial charge on any atom is -0.494 e. The SMILES string of the molecule is CCCCOc1ccc(C2c3c(oc4ccc(Br)cc4c3=O)C(=O)N2Cc2ccc(C)cc2)cc1. The van der Waals surface area contributed by atoms with Gasteiger partial charge in [0.15, 0.2) is 5.43 Å². The number of halogens is 1. The maximum Gasteiger partial charge on any atom is 0.291 e. The molecule has 2 heterocycles. The fourth-order valence-electron chi connectivity index (χ4n) is 4.47. The van der Waals surface area contributed by atoms with Gasteiger partial charge in [0.05, 0.1) is 23.6 Å². The number of carbonyl (C=O) groups is 1. The van der Waals surface area contributed by atoms with Crippen LogP contribution in [0.5, 0.6) is 5.75 Å². The summed E-state index contributed by atoms with van der Waals surface area (Å²) in [6.45, 7) is 5.17. The number of nitrogens with zero attached hydrogens (tertiary/aromatic N) is 1. The summed E-state index contributed by atoms with van der Waals surface area (Å²) in [7, 11) is 0. The van der Waals surface area contributed by atoms with Crippen molar-refractivity contribution in [3.8, 4) is 5.75 Å². The van der Waals surface area contributed by atoms with Crippen LogP contribution < -0.4 is 10.2 Å². The zero-order valence-corrected chi connectivity index (χ0v) is 21.3. The Balaban J connectivity index is 1.61. The molecule has 35 heavy (non-hydrogen) atoms. The van der Waals surface area contributed by atoms with Crippen LogP contribution in [0.4, 0.5) is 0 Å². The summed E-state index contributed by atoms with van der Waals surface area (Å²) in [6.07, 6.45) is 2.05. The Hall–Kier alpha value is -3.38. The molecule has 5 rings (SSSR count). The summed E-state index contributed by atoms with van der Waals surface area (Å²) < 4.78 is 12.6. The molecule has 1 aliphatic heterocycles. The average molecular weight is 532 g/mol. The van der Waals surface area contributed by atoms with Crippen LogP contribution in [0.15, 0.2) is 80.4 Å². The first-order valence-electron chi connectivity index (χ1n) is 11.8. The van der Waals surface area contributed by atoms with Crippen molar-refractivity contribution in [2.75, 3.05) is 6.61 Å². The predicted molar refractivity (Wildman–Crippen MR) is 140 cm³/mol. The van der Waals surface area contributed by atoms with E-state index in [0.29, 0.717) is 29.7 Å². The first kappa shape index (κ1) is 23.4. The minimum atomic E-state index is -0.553. The standard InChI is InChI=1S/C29H26BrNO4/c1-3-4-15-34-22-12-9-20(10-13-22)26-25-27(32)23-16-21(30)11-14-24(23)35-28(25)29(33)31(26)17-19-7-5-18(2)6-8-19/h5-14,16,26H,3-4,15,17H2,1-2H3. The molecule has 178 valence electrons. The normalized spacial score (nSPS) is 15.0. The van der Waals surface area contributed by atoms with Gasteiger partial charge in [0, 0.05) is 11.0 Å². The zero-order valence-electron chi connectivity index (χ0n) is 19.7. The number of carbonyl (C=O) groups excluding carboxylic acids is 1. The number of amides is 1. The summed E-state index contributed by atoms with van der Waals surface area (Å²) in [5, 5.41) is 0.452. The molecule has 6 heteroatoms. The maximum absolute atomic E-state index is 13.7. The van der Waals surface area contributed by atoms with Crippen LogP contribution in [-0.2, 0) is 6.54 Å². The molecule has 5 nitrogen and oxygen atoms in total. The fourth-order valence-corrected chi connectivity index (χ4v) is 4.83. The largest absolute Gasteiger partial charge is 0.494 e. The van der Waals surface area contributed by atoms with Crippen LogP contribution in [-0.4, -0.2) is 17.4 Å². The van der Waals surface area contributed by atoms with E-state index in [1.54, 1.807) is 23.1 Å². The van der Waals surface area contributed by atoms with Crippen molar-refractivity contribution in [2.24, 2.45) is 0 Å². The van der Waals surface area contributed by atoms with Gasteiger partial charge in [-0.1, -0.05) is 71.2 Å². The number of benzene rings is 3. The van der Waals surface area contributed by atoms with Crippen molar-refractivity contribution in [1.29, 1.82) is 0 Å². The van der Waals surface area contributed by atoms with E-state index in [4.69, 9.17) is 9.15 Å². The van der Waals surface area contributed by atoms with E-state index in [0.717, 1.165) is 39.8 Å². The molecule has 0 radical (unpaired) electrons. The van der Waals surface area contributed by atoms with Crippen molar-refractivity contribution in [3.63, 3.8) is 0 Å². The molecule has 1 aromatic heterocycles. The average Bonchev–Trinajstić information content (AvgIpc) is 3.13. The van der Waals surface area contributed by atoms with E-state index < -0.39 is 6.04 Å². The number of hydrogen-bond donors (Lipinski definition) is 0. The van der Waals surface area contributed by atoms with Crippen molar-refractivity contribution in [1.82, 2.24) is 4.90 Å².